The third kappa shape index (κ3) is 5.83. The Labute approximate surface area is 368 Å². The fourth-order valence-electron chi connectivity index (χ4n) is 9.58. The molecule has 0 saturated carbocycles. The molecule has 0 spiro atoms. The highest BCUT2D eigenvalue weighted by molar-refractivity contribution is 6.22. The van der Waals surface area contributed by atoms with Gasteiger partial charge in [0.25, 0.3) is 0 Å². The summed E-state index contributed by atoms with van der Waals surface area (Å²) in [5, 5.41) is 9.15. The van der Waals surface area contributed by atoms with Gasteiger partial charge in [-0.3, -0.25) is 0 Å². The predicted octanol–water partition coefficient (Wildman–Crippen LogP) is 15.5. The second-order valence-electron chi connectivity index (χ2n) is 16.4. The molecule has 5 nitrogen and oxygen atoms in total. The molecule has 298 valence electrons. The molecule has 13 rings (SSSR count). The molecule has 0 unspecified atom stereocenters. The van der Waals surface area contributed by atoms with E-state index in [0.29, 0.717) is 17.5 Å². The normalized spacial score (nSPS) is 11.8. The van der Waals surface area contributed by atoms with Crippen LogP contribution in [0.5, 0.6) is 0 Å². The minimum atomic E-state index is 0.579. The van der Waals surface area contributed by atoms with Crippen molar-refractivity contribution in [3.8, 4) is 62.1 Å². The fraction of sp³-hybridized carbons (Fsp3) is 0. The van der Waals surface area contributed by atoms with Gasteiger partial charge in [0.1, 0.15) is 11.2 Å². The summed E-state index contributed by atoms with van der Waals surface area (Å²) in [7, 11) is 0. The van der Waals surface area contributed by atoms with E-state index in [1.165, 1.54) is 37.8 Å². The number of rotatable bonds is 6. The lowest BCUT2D eigenvalue weighted by Crippen LogP contribution is -2.00. The molecule has 10 aromatic carbocycles. The summed E-state index contributed by atoms with van der Waals surface area (Å²) < 4.78 is 9.39. The van der Waals surface area contributed by atoms with E-state index in [1.807, 2.05) is 48.5 Å². The minimum absolute atomic E-state index is 0.579. The Balaban J connectivity index is 1.07. The second-order valence-corrected chi connectivity index (χ2v) is 16.4. The van der Waals surface area contributed by atoms with Crippen LogP contribution in [0.4, 0.5) is 0 Å². The average Bonchev–Trinajstić information content (AvgIpc) is 3.90. The van der Waals surface area contributed by atoms with Gasteiger partial charge in [-0.2, -0.15) is 0 Å². The van der Waals surface area contributed by atoms with Crippen LogP contribution in [-0.4, -0.2) is 19.5 Å². The Morgan fingerprint density at radius 1 is 0.328 bits per heavy atom. The summed E-state index contributed by atoms with van der Waals surface area (Å²) in [5.74, 6) is 1.79. The molecular weight excluding hydrogens is 781 g/mol. The molecule has 3 aromatic heterocycles. The van der Waals surface area contributed by atoms with Crippen LogP contribution in [0.25, 0.3) is 127 Å². The van der Waals surface area contributed by atoms with Gasteiger partial charge in [-0.15, -0.1) is 0 Å². The number of nitrogens with zero attached hydrogens (tertiary/aromatic N) is 4. The molecular formula is C59H36N4O. The monoisotopic (exact) mass is 816 g/mol. The summed E-state index contributed by atoms with van der Waals surface area (Å²) in [5.41, 5.74) is 12.1. The fourth-order valence-corrected chi connectivity index (χ4v) is 9.58. The largest absolute Gasteiger partial charge is 0.456 e. The summed E-state index contributed by atoms with van der Waals surface area (Å²) in [4.78, 5) is 15.5. The van der Waals surface area contributed by atoms with E-state index in [0.717, 1.165) is 72.1 Å². The summed E-state index contributed by atoms with van der Waals surface area (Å²) in [6, 6.07) is 76.9. The van der Waals surface area contributed by atoms with E-state index < -0.39 is 0 Å². The van der Waals surface area contributed by atoms with E-state index >= 15 is 0 Å². The van der Waals surface area contributed by atoms with Gasteiger partial charge in [-0.1, -0.05) is 188 Å². The summed E-state index contributed by atoms with van der Waals surface area (Å²) >= 11 is 0. The number of furan rings is 1. The van der Waals surface area contributed by atoms with Gasteiger partial charge < -0.3 is 8.98 Å². The quantitative estimate of drug-likeness (QED) is 0.168. The molecule has 0 bridgehead atoms. The first-order valence-electron chi connectivity index (χ1n) is 21.6. The zero-order chi connectivity index (χ0) is 42.1. The Morgan fingerprint density at radius 3 is 1.64 bits per heavy atom. The van der Waals surface area contributed by atoms with Crippen molar-refractivity contribution in [2.75, 3.05) is 0 Å². The first-order valence-corrected chi connectivity index (χ1v) is 21.6. The molecule has 0 aliphatic heterocycles. The maximum absolute atomic E-state index is 6.93. The third-order valence-electron chi connectivity index (χ3n) is 12.6. The van der Waals surface area contributed by atoms with E-state index in [4.69, 9.17) is 19.4 Å². The molecule has 13 aromatic rings. The van der Waals surface area contributed by atoms with Crippen LogP contribution in [0.2, 0.25) is 0 Å². The van der Waals surface area contributed by atoms with Gasteiger partial charge in [-0.25, -0.2) is 15.0 Å². The first kappa shape index (κ1) is 36.0. The Kier molecular flexibility index (Phi) is 8.15. The number of hydrogen-bond donors (Lipinski definition) is 0. The molecule has 0 aliphatic rings. The van der Waals surface area contributed by atoms with Crippen LogP contribution in [-0.2, 0) is 0 Å². The lowest BCUT2D eigenvalue weighted by molar-refractivity contribution is 0.668. The molecule has 3 heterocycles. The predicted molar refractivity (Wildman–Crippen MR) is 264 cm³/mol. The molecule has 0 amide bonds. The molecule has 5 heteroatoms. The van der Waals surface area contributed by atoms with Crippen molar-refractivity contribution in [3.63, 3.8) is 0 Å². The standard InChI is InChI=1S/C59H36N4O/c1-4-15-37(16-5-1)38-27-29-42(30-28-38)58-60-57(41-20-8-3-9-21-41)61-59(62-58)47-25-14-26-53-55(47)50-35-48(39-17-6-2-7-18-39)52(36-54(50)64-53)63-51-34-44-23-11-10-22-43(44)33-49(51)46-32-31-40-19-12-13-24-45(40)56(46)63/h1-36H. The van der Waals surface area contributed by atoms with Crippen LogP contribution >= 0.6 is 0 Å². The molecule has 0 fully saturated rings. The van der Waals surface area contributed by atoms with Gasteiger partial charge in [0.2, 0.25) is 0 Å². The second kappa shape index (κ2) is 14.5. The van der Waals surface area contributed by atoms with Gasteiger partial charge >= 0.3 is 0 Å². The smallest absolute Gasteiger partial charge is 0.164 e. The van der Waals surface area contributed by atoms with Crippen molar-refractivity contribution in [3.05, 3.63) is 218 Å². The number of aromatic nitrogens is 4. The zero-order valence-corrected chi connectivity index (χ0v) is 34.5. The number of fused-ring (bicyclic) bond motifs is 9. The maximum atomic E-state index is 6.93. The van der Waals surface area contributed by atoms with Crippen molar-refractivity contribution in [2.24, 2.45) is 0 Å². The molecule has 0 radical (unpaired) electrons. The SMILES string of the molecule is c1ccc(-c2ccc(-c3nc(-c4ccccc4)nc(-c4cccc5oc6cc(-n7c8cc9ccccc9cc8c8ccc9ccccc9c87)c(-c7ccccc7)cc6c45)n3)cc2)cc1. The van der Waals surface area contributed by atoms with E-state index in [-0.39, 0.29) is 0 Å². The van der Waals surface area contributed by atoms with Crippen molar-refractivity contribution in [1.29, 1.82) is 0 Å². The number of hydrogen-bond acceptors (Lipinski definition) is 4. The van der Waals surface area contributed by atoms with Crippen molar-refractivity contribution < 1.29 is 4.42 Å². The Morgan fingerprint density at radius 2 is 0.906 bits per heavy atom. The van der Waals surface area contributed by atoms with Crippen molar-refractivity contribution >= 4 is 65.3 Å². The van der Waals surface area contributed by atoms with Gasteiger partial charge in [-0.05, 0) is 57.1 Å². The van der Waals surface area contributed by atoms with Crippen LogP contribution in [0.3, 0.4) is 0 Å². The van der Waals surface area contributed by atoms with Crippen molar-refractivity contribution in [2.45, 2.75) is 0 Å². The first-order chi connectivity index (χ1) is 31.7. The van der Waals surface area contributed by atoms with Crippen LogP contribution in [0, 0.1) is 0 Å². The van der Waals surface area contributed by atoms with E-state index in [9.17, 15) is 0 Å². The van der Waals surface area contributed by atoms with Gasteiger partial charge in [0, 0.05) is 55.3 Å². The molecule has 0 atom stereocenters. The molecule has 0 saturated heterocycles. The Bertz CT molecular complexity index is 3930. The Hall–Kier alpha value is -8.67. The van der Waals surface area contributed by atoms with Crippen molar-refractivity contribution in [1.82, 2.24) is 19.5 Å². The maximum Gasteiger partial charge on any atom is 0.164 e. The van der Waals surface area contributed by atoms with Gasteiger partial charge in [0.15, 0.2) is 17.5 Å². The molecule has 0 N–H and O–H groups in total. The highest BCUT2D eigenvalue weighted by Crippen LogP contribution is 2.45. The molecule has 0 aliphatic carbocycles. The molecule has 64 heavy (non-hydrogen) atoms. The average molecular weight is 817 g/mol. The van der Waals surface area contributed by atoms with Crippen LogP contribution in [0.15, 0.2) is 223 Å². The van der Waals surface area contributed by atoms with Gasteiger partial charge in [0.05, 0.1) is 16.7 Å². The summed E-state index contributed by atoms with van der Waals surface area (Å²) in [6.07, 6.45) is 0. The van der Waals surface area contributed by atoms with E-state index in [1.54, 1.807) is 0 Å². The highest BCUT2D eigenvalue weighted by atomic mass is 16.3. The summed E-state index contributed by atoms with van der Waals surface area (Å²) in [6.45, 7) is 0. The lowest BCUT2D eigenvalue weighted by Gasteiger charge is -2.16. The number of benzene rings is 10. The van der Waals surface area contributed by atoms with Crippen LogP contribution < -0.4 is 0 Å². The lowest BCUT2D eigenvalue weighted by atomic mass is 9.98. The van der Waals surface area contributed by atoms with E-state index in [2.05, 4.69) is 174 Å². The highest BCUT2D eigenvalue weighted by Gasteiger charge is 2.23. The van der Waals surface area contributed by atoms with Crippen LogP contribution in [0.1, 0.15) is 0 Å². The third-order valence-corrected chi connectivity index (χ3v) is 12.6. The zero-order valence-electron chi connectivity index (χ0n) is 34.5. The minimum Gasteiger partial charge on any atom is -0.456 e. The topological polar surface area (TPSA) is 56.7 Å².